The summed E-state index contributed by atoms with van der Waals surface area (Å²) >= 11 is 5.26. The molecule has 0 fully saturated rings. The van der Waals surface area contributed by atoms with Gasteiger partial charge in [-0.3, -0.25) is 0 Å². The minimum absolute atomic E-state index is 0.0121. The fourth-order valence-electron chi connectivity index (χ4n) is 2.74. The van der Waals surface area contributed by atoms with Crippen LogP contribution in [0, 0.1) is 23.3 Å². The molecule has 142 valence electrons. The number of hydrazone groups is 1. The van der Waals surface area contributed by atoms with Gasteiger partial charge in [-0.2, -0.15) is 5.10 Å². The highest BCUT2D eigenvalue weighted by molar-refractivity contribution is 6.31. The van der Waals surface area contributed by atoms with Crippen LogP contribution in [0.5, 0.6) is 0 Å². The third-order valence-corrected chi connectivity index (χ3v) is 4.32. The maximum Gasteiger partial charge on any atom is 0.331 e. The van der Waals surface area contributed by atoms with Crippen LogP contribution in [0.2, 0.25) is 5.02 Å². The molecule has 0 saturated heterocycles. The number of rotatable bonds is 4. The van der Waals surface area contributed by atoms with E-state index in [1.54, 1.807) is 37.3 Å². The second-order valence-corrected chi connectivity index (χ2v) is 6.03. The van der Waals surface area contributed by atoms with Crippen LogP contribution in [-0.4, -0.2) is 24.3 Å². The first-order valence-electron chi connectivity index (χ1n) is 7.97. The molecule has 1 atom stereocenters. The molecule has 0 aromatic heterocycles. The minimum Gasteiger partial charge on any atom is -0.464 e. The third-order valence-electron chi connectivity index (χ3n) is 3.99. The monoisotopic (exact) mass is 400 g/mol. The number of ether oxygens (including phenoxy) is 1. The number of anilines is 1. The molecule has 1 aliphatic heterocycles. The summed E-state index contributed by atoms with van der Waals surface area (Å²) in [5, 5.41) is 3.33. The Kier molecular flexibility index (Phi) is 5.36. The number of nitrogens with zero attached hydrogens (tertiary/aromatic N) is 2. The molecule has 2 aromatic rings. The Labute approximate surface area is 157 Å². The highest BCUT2D eigenvalue weighted by Crippen LogP contribution is 2.37. The van der Waals surface area contributed by atoms with Crippen molar-refractivity contribution in [1.82, 2.24) is 0 Å². The lowest BCUT2D eigenvalue weighted by molar-refractivity contribution is -0.144. The molecule has 0 aliphatic carbocycles. The summed E-state index contributed by atoms with van der Waals surface area (Å²) in [6.07, 6.45) is -0.0619. The number of benzene rings is 2. The lowest BCUT2D eigenvalue weighted by Crippen LogP contribution is -2.37. The highest BCUT2D eigenvalue weighted by atomic mass is 35.5. The quantitative estimate of drug-likeness (QED) is 0.330. The number of carbonyl (C=O) groups excluding carboxylic acids is 1. The van der Waals surface area contributed by atoms with E-state index in [-0.39, 0.29) is 13.0 Å². The Bertz CT molecular complexity index is 892. The van der Waals surface area contributed by atoms with Crippen LogP contribution in [0.15, 0.2) is 35.4 Å². The van der Waals surface area contributed by atoms with Crippen molar-refractivity contribution in [3.05, 3.63) is 64.2 Å². The summed E-state index contributed by atoms with van der Waals surface area (Å²) in [7, 11) is 0. The van der Waals surface area contributed by atoms with E-state index in [1.165, 1.54) is 0 Å². The molecule has 0 radical (unpaired) electrons. The van der Waals surface area contributed by atoms with E-state index in [0.29, 0.717) is 16.3 Å². The van der Waals surface area contributed by atoms with Gasteiger partial charge in [0, 0.05) is 6.42 Å². The molecule has 0 N–H and O–H groups in total. The zero-order chi connectivity index (χ0) is 19.7. The number of halogens is 5. The minimum atomic E-state index is -1.77. The average Bonchev–Trinajstić information content (AvgIpc) is 3.11. The summed E-state index contributed by atoms with van der Waals surface area (Å²) < 4.78 is 61.4. The molecular formula is C18H13ClF4N2O2. The normalized spacial score (nSPS) is 16.4. The van der Waals surface area contributed by atoms with Crippen molar-refractivity contribution in [2.75, 3.05) is 11.6 Å². The van der Waals surface area contributed by atoms with Gasteiger partial charge in [-0.25, -0.2) is 27.4 Å². The van der Waals surface area contributed by atoms with Crippen LogP contribution < -0.4 is 5.01 Å². The number of carbonyl (C=O) groups is 1. The lowest BCUT2D eigenvalue weighted by Gasteiger charge is -2.23. The van der Waals surface area contributed by atoms with Crippen molar-refractivity contribution in [2.45, 2.75) is 19.4 Å². The van der Waals surface area contributed by atoms with E-state index in [2.05, 4.69) is 5.10 Å². The first-order valence-corrected chi connectivity index (χ1v) is 8.34. The van der Waals surface area contributed by atoms with Gasteiger partial charge in [-0.05, 0) is 12.5 Å². The predicted octanol–water partition coefficient (Wildman–Crippen LogP) is 4.44. The van der Waals surface area contributed by atoms with Gasteiger partial charge >= 0.3 is 5.97 Å². The number of hydrogen-bond donors (Lipinski definition) is 0. The molecule has 27 heavy (non-hydrogen) atoms. The molecule has 1 heterocycles. The maximum absolute atomic E-state index is 14.4. The van der Waals surface area contributed by atoms with Crippen LogP contribution >= 0.6 is 11.6 Å². The van der Waals surface area contributed by atoms with E-state index in [9.17, 15) is 22.4 Å². The van der Waals surface area contributed by atoms with Gasteiger partial charge in [0.05, 0.1) is 12.3 Å². The molecule has 0 amide bonds. The first-order chi connectivity index (χ1) is 12.9. The number of esters is 1. The van der Waals surface area contributed by atoms with E-state index >= 15 is 0 Å². The van der Waals surface area contributed by atoms with Crippen molar-refractivity contribution in [3.8, 4) is 0 Å². The second-order valence-electron chi connectivity index (χ2n) is 5.65. The van der Waals surface area contributed by atoms with Gasteiger partial charge in [0.25, 0.3) is 0 Å². The molecule has 3 rings (SSSR count). The maximum atomic E-state index is 14.4. The molecule has 0 saturated carbocycles. The number of hydrogen-bond acceptors (Lipinski definition) is 4. The van der Waals surface area contributed by atoms with Gasteiger partial charge in [-0.15, -0.1) is 0 Å². The average molecular weight is 401 g/mol. The van der Waals surface area contributed by atoms with E-state index in [1.807, 2.05) is 0 Å². The SMILES string of the molecule is CCOC(=O)C1CC(c2ccccc2)=NN1c1c(F)c(F)c(Cl)c(F)c1F. The van der Waals surface area contributed by atoms with Crippen molar-refractivity contribution in [3.63, 3.8) is 0 Å². The fraction of sp³-hybridized carbons (Fsp3) is 0.222. The van der Waals surface area contributed by atoms with Crippen molar-refractivity contribution in [1.29, 1.82) is 0 Å². The summed E-state index contributed by atoms with van der Waals surface area (Å²) in [5.74, 6) is -7.85. The van der Waals surface area contributed by atoms with Gasteiger partial charge in [-0.1, -0.05) is 41.9 Å². The van der Waals surface area contributed by atoms with Crippen molar-refractivity contribution < 1.29 is 27.1 Å². The van der Waals surface area contributed by atoms with E-state index in [0.717, 1.165) is 0 Å². The molecule has 2 aromatic carbocycles. The van der Waals surface area contributed by atoms with Crippen LogP contribution in [0.3, 0.4) is 0 Å². The molecular weight excluding hydrogens is 388 g/mol. The van der Waals surface area contributed by atoms with Crippen LogP contribution in [0.4, 0.5) is 23.2 Å². The van der Waals surface area contributed by atoms with E-state index < -0.39 is 46.0 Å². The van der Waals surface area contributed by atoms with Crippen molar-refractivity contribution in [2.24, 2.45) is 5.10 Å². The topological polar surface area (TPSA) is 41.9 Å². The van der Waals surface area contributed by atoms with Gasteiger partial charge in [0.1, 0.15) is 10.7 Å². The molecule has 9 heteroatoms. The Morgan fingerprint density at radius 2 is 1.74 bits per heavy atom. The van der Waals surface area contributed by atoms with Gasteiger partial charge in [0.2, 0.25) is 0 Å². The third kappa shape index (κ3) is 3.37. The largest absolute Gasteiger partial charge is 0.464 e. The lowest BCUT2D eigenvalue weighted by atomic mass is 10.0. The Hall–Kier alpha value is -2.61. The molecule has 1 unspecified atom stereocenters. The zero-order valence-corrected chi connectivity index (χ0v) is 14.7. The molecule has 4 nitrogen and oxygen atoms in total. The molecule has 0 bridgehead atoms. The Morgan fingerprint density at radius 3 is 2.30 bits per heavy atom. The smallest absolute Gasteiger partial charge is 0.331 e. The summed E-state index contributed by atoms with van der Waals surface area (Å²) in [4.78, 5) is 12.3. The predicted molar refractivity (Wildman–Crippen MR) is 91.8 cm³/mol. The first kappa shape index (κ1) is 19.2. The highest BCUT2D eigenvalue weighted by Gasteiger charge is 2.40. The zero-order valence-electron chi connectivity index (χ0n) is 14.0. The summed E-state index contributed by atoms with van der Waals surface area (Å²) in [5.41, 5.74) is -0.244. The summed E-state index contributed by atoms with van der Waals surface area (Å²) in [6.45, 7) is 1.57. The van der Waals surface area contributed by atoms with Crippen LogP contribution in [0.25, 0.3) is 0 Å². The van der Waals surface area contributed by atoms with E-state index in [4.69, 9.17) is 16.3 Å². The standard InChI is InChI=1S/C18H13ClF4N2O2/c1-2-27-18(26)11-8-10(9-6-4-3-5-7-9)24-25(11)17-15(22)13(20)12(19)14(21)16(17)23/h3-7,11H,2,8H2,1H3. The second kappa shape index (κ2) is 7.56. The molecule has 0 spiro atoms. The van der Waals surface area contributed by atoms with Gasteiger partial charge in [0.15, 0.2) is 29.3 Å². The van der Waals surface area contributed by atoms with Crippen LogP contribution in [0.1, 0.15) is 18.9 Å². The van der Waals surface area contributed by atoms with Crippen LogP contribution in [-0.2, 0) is 9.53 Å². The van der Waals surface area contributed by atoms with Gasteiger partial charge < -0.3 is 4.74 Å². The Balaban J connectivity index is 2.15. The Morgan fingerprint density at radius 1 is 1.15 bits per heavy atom. The fourth-order valence-corrected chi connectivity index (χ4v) is 2.90. The summed E-state index contributed by atoms with van der Waals surface area (Å²) in [6, 6.07) is 7.25. The molecule has 1 aliphatic rings. The van der Waals surface area contributed by atoms with Crippen molar-refractivity contribution >= 4 is 29.0 Å².